The predicted molar refractivity (Wildman–Crippen MR) is 47.4 cm³/mol. The lowest BCUT2D eigenvalue weighted by atomic mass is 10.5. The summed E-state index contributed by atoms with van der Waals surface area (Å²) in [4.78, 5) is 9.67. The zero-order chi connectivity index (χ0) is 8.97. The molecule has 12 heavy (non-hydrogen) atoms. The molecule has 0 aliphatic heterocycles. The van der Waals surface area contributed by atoms with Crippen LogP contribution in [-0.4, -0.2) is 35.3 Å². The smallest absolute Gasteiger partial charge is 0.147 e. The van der Waals surface area contributed by atoms with Gasteiger partial charge >= 0.3 is 0 Å². The van der Waals surface area contributed by atoms with E-state index in [0.29, 0.717) is 17.5 Å². The topological polar surface area (TPSA) is 49.2 Å². The van der Waals surface area contributed by atoms with Crippen LogP contribution in [0.3, 0.4) is 0 Å². The van der Waals surface area contributed by atoms with Crippen molar-refractivity contribution < 1.29 is 5.11 Å². The molecule has 1 aromatic heterocycles. The van der Waals surface area contributed by atoms with Crippen molar-refractivity contribution in [1.82, 2.24) is 9.97 Å². The Morgan fingerprint density at radius 2 is 2.25 bits per heavy atom. The number of likely N-dealkylation sites (N-methyl/N-ethyl adjacent to an activating group) is 1. The highest BCUT2D eigenvalue weighted by Crippen LogP contribution is 2.08. The number of rotatable bonds is 3. The van der Waals surface area contributed by atoms with E-state index < -0.39 is 0 Å². The first-order valence-corrected chi connectivity index (χ1v) is 3.91. The molecule has 0 saturated carbocycles. The Hall–Kier alpha value is -0.870. The van der Waals surface area contributed by atoms with Crippen LogP contribution >= 0.6 is 11.6 Å². The second kappa shape index (κ2) is 4.23. The van der Waals surface area contributed by atoms with Crippen molar-refractivity contribution in [3.63, 3.8) is 0 Å². The summed E-state index contributed by atoms with van der Waals surface area (Å²) in [5.41, 5.74) is 0. The molecule has 1 heterocycles. The normalized spacial score (nSPS) is 9.92. The largest absolute Gasteiger partial charge is 0.395 e. The van der Waals surface area contributed by atoms with Crippen LogP contribution < -0.4 is 4.90 Å². The zero-order valence-corrected chi connectivity index (χ0v) is 7.49. The van der Waals surface area contributed by atoms with Gasteiger partial charge in [-0.2, -0.15) is 0 Å². The second-order valence-electron chi connectivity index (χ2n) is 2.34. The van der Waals surface area contributed by atoms with E-state index in [-0.39, 0.29) is 6.61 Å². The monoisotopic (exact) mass is 187 g/mol. The highest BCUT2D eigenvalue weighted by atomic mass is 35.5. The van der Waals surface area contributed by atoms with Crippen molar-refractivity contribution in [3.05, 3.63) is 17.5 Å². The molecule has 0 unspecified atom stereocenters. The lowest BCUT2D eigenvalue weighted by Gasteiger charge is -2.15. The lowest BCUT2D eigenvalue weighted by molar-refractivity contribution is 0.304. The molecule has 5 heteroatoms. The van der Waals surface area contributed by atoms with Gasteiger partial charge in [0.15, 0.2) is 0 Å². The minimum atomic E-state index is 0.0980. The number of aliphatic hydroxyl groups is 1. The summed E-state index contributed by atoms with van der Waals surface area (Å²) in [6.07, 6.45) is 3.04. The molecule has 1 N–H and O–H groups in total. The Bertz CT molecular complexity index is 239. The highest BCUT2D eigenvalue weighted by Gasteiger charge is 2.00. The van der Waals surface area contributed by atoms with Crippen molar-refractivity contribution >= 4 is 17.4 Å². The summed E-state index contributed by atoms with van der Waals surface area (Å²) < 4.78 is 0. The molecule has 0 amide bonds. The SMILES string of the molecule is CN(CCO)c1cnc(Cl)cn1. The predicted octanol–water partition coefficient (Wildman–Crippen LogP) is 0.558. The molecule has 0 radical (unpaired) electrons. The molecule has 0 atom stereocenters. The number of hydrogen-bond donors (Lipinski definition) is 1. The van der Waals surface area contributed by atoms with Gasteiger partial charge in [0.05, 0.1) is 19.0 Å². The minimum absolute atomic E-state index is 0.0980. The van der Waals surface area contributed by atoms with Crippen LogP contribution in [0.1, 0.15) is 0 Å². The molecule has 0 spiro atoms. The van der Waals surface area contributed by atoms with Gasteiger partial charge in [0.25, 0.3) is 0 Å². The molecule has 66 valence electrons. The molecular weight excluding hydrogens is 178 g/mol. The maximum atomic E-state index is 8.64. The van der Waals surface area contributed by atoms with Gasteiger partial charge in [-0.25, -0.2) is 9.97 Å². The van der Waals surface area contributed by atoms with E-state index >= 15 is 0 Å². The van der Waals surface area contributed by atoms with E-state index in [2.05, 4.69) is 9.97 Å². The Balaban J connectivity index is 2.68. The fourth-order valence-electron chi connectivity index (χ4n) is 0.767. The molecule has 0 fully saturated rings. The second-order valence-corrected chi connectivity index (χ2v) is 2.73. The standard InChI is InChI=1S/C7H10ClN3O/c1-11(2-3-12)7-5-9-6(8)4-10-7/h4-5,12H,2-3H2,1H3. The summed E-state index contributed by atoms with van der Waals surface area (Å²) in [5, 5.41) is 9.01. The molecule has 0 bridgehead atoms. The number of halogens is 1. The Kier molecular flexibility index (Phi) is 3.25. The van der Waals surface area contributed by atoms with Crippen LogP contribution in [-0.2, 0) is 0 Å². The number of aliphatic hydroxyl groups excluding tert-OH is 1. The maximum Gasteiger partial charge on any atom is 0.147 e. The number of anilines is 1. The van der Waals surface area contributed by atoms with Crippen molar-refractivity contribution in [2.75, 3.05) is 25.1 Å². The van der Waals surface area contributed by atoms with Crippen molar-refractivity contribution in [3.8, 4) is 0 Å². The summed E-state index contributed by atoms with van der Waals surface area (Å²) in [7, 11) is 1.83. The Morgan fingerprint density at radius 1 is 1.50 bits per heavy atom. The van der Waals surface area contributed by atoms with E-state index in [0.717, 1.165) is 0 Å². The van der Waals surface area contributed by atoms with Crippen LogP contribution in [0.25, 0.3) is 0 Å². The first-order valence-electron chi connectivity index (χ1n) is 3.53. The van der Waals surface area contributed by atoms with Gasteiger partial charge < -0.3 is 10.0 Å². The summed E-state index contributed by atoms with van der Waals surface area (Å²) in [6.45, 7) is 0.636. The van der Waals surface area contributed by atoms with E-state index in [1.807, 2.05) is 7.05 Å². The van der Waals surface area contributed by atoms with Crippen LogP contribution in [0.4, 0.5) is 5.82 Å². The van der Waals surface area contributed by atoms with Gasteiger partial charge in [0.1, 0.15) is 11.0 Å². The van der Waals surface area contributed by atoms with E-state index in [9.17, 15) is 0 Å². The van der Waals surface area contributed by atoms with Gasteiger partial charge in [0, 0.05) is 13.6 Å². The minimum Gasteiger partial charge on any atom is -0.395 e. The lowest BCUT2D eigenvalue weighted by Crippen LogP contribution is -2.22. The third kappa shape index (κ3) is 2.32. The molecule has 1 aromatic rings. The van der Waals surface area contributed by atoms with Crippen LogP contribution in [0, 0.1) is 0 Å². The molecule has 0 aliphatic rings. The average molecular weight is 188 g/mol. The fraction of sp³-hybridized carbons (Fsp3) is 0.429. The van der Waals surface area contributed by atoms with Crippen LogP contribution in [0.2, 0.25) is 5.15 Å². The summed E-state index contributed by atoms with van der Waals surface area (Å²) >= 11 is 5.55. The van der Waals surface area contributed by atoms with Gasteiger partial charge in [-0.1, -0.05) is 11.6 Å². The average Bonchev–Trinajstić information content (AvgIpc) is 2.06. The molecule has 0 aromatic carbocycles. The fourth-order valence-corrected chi connectivity index (χ4v) is 0.865. The highest BCUT2D eigenvalue weighted by molar-refractivity contribution is 6.29. The van der Waals surface area contributed by atoms with Gasteiger partial charge in [0.2, 0.25) is 0 Å². The van der Waals surface area contributed by atoms with Crippen molar-refractivity contribution in [1.29, 1.82) is 0 Å². The van der Waals surface area contributed by atoms with E-state index in [1.54, 1.807) is 11.1 Å². The molecule has 0 aliphatic carbocycles. The van der Waals surface area contributed by atoms with Crippen molar-refractivity contribution in [2.45, 2.75) is 0 Å². The molecule has 1 rings (SSSR count). The first-order chi connectivity index (χ1) is 5.74. The summed E-state index contributed by atoms with van der Waals surface area (Å²) in [6, 6.07) is 0. The third-order valence-electron chi connectivity index (χ3n) is 1.43. The maximum absolute atomic E-state index is 8.64. The molecular formula is C7H10ClN3O. The number of hydrogen-bond acceptors (Lipinski definition) is 4. The Morgan fingerprint density at radius 3 is 2.75 bits per heavy atom. The van der Waals surface area contributed by atoms with Crippen LogP contribution in [0.15, 0.2) is 12.4 Å². The number of aromatic nitrogens is 2. The Labute approximate surface area is 75.8 Å². The van der Waals surface area contributed by atoms with Crippen LogP contribution in [0.5, 0.6) is 0 Å². The molecule has 4 nitrogen and oxygen atoms in total. The summed E-state index contributed by atoms with van der Waals surface area (Å²) in [5.74, 6) is 0.702. The van der Waals surface area contributed by atoms with E-state index in [4.69, 9.17) is 16.7 Å². The third-order valence-corrected chi connectivity index (χ3v) is 1.63. The quantitative estimate of drug-likeness (QED) is 0.751. The number of nitrogens with zero attached hydrogens (tertiary/aromatic N) is 3. The van der Waals surface area contributed by atoms with E-state index in [1.165, 1.54) is 6.20 Å². The van der Waals surface area contributed by atoms with Crippen molar-refractivity contribution in [2.24, 2.45) is 0 Å². The van der Waals surface area contributed by atoms with Gasteiger partial charge in [-0.15, -0.1) is 0 Å². The van der Waals surface area contributed by atoms with Gasteiger partial charge in [-0.3, -0.25) is 0 Å². The molecule has 0 saturated heterocycles. The first kappa shape index (κ1) is 9.22. The van der Waals surface area contributed by atoms with Gasteiger partial charge in [-0.05, 0) is 0 Å². The zero-order valence-electron chi connectivity index (χ0n) is 6.74.